The molecule has 180 valence electrons. The van der Waals surface area contributed by atoms with Crippen molar-refractivity contribution < 1.29 is 45.8 Å². The second kappa shape index (κ2) is 7.50. The van der Waals surface area contributed by atoms with Gasteiger partial charge in [-0.05, 0) is 30.7 Å². The van der Waals surface area contributed by atoms with Gasteiger partial charge in [0.15, 0.2) is 11.5 Å². The van der Waals surface area contributed by atoms with Crippen molar-refractivity contribution in [3.05, 3.63) is 41.1 Å². The highest BCUT2D eigenvalue weighted by Crippen LogP contribution is 2.40. The van der Waals surface area contributed by atoms with Crippen molar-refractivity contribution in [2.75, 3.05) is 5.73 Å². The Kier molecular flexibility index (Phi) is 5.10. The molecule has 3 heterocycles. The Balaban J connectivity index is 1.87. The summed E-state index contributed by atoms with van der Waals surface area (Å²) in [6.45, 7) is 0.0844. The summed E-state index contributed by atoms with van der Waals surface area (Å²) in [6, 6.07) is 0.998. The predicted molar refractivity (Wildman–Crippen MR) is 102 cm³/mol. The number of carboxylic acids is 1. The van der Waals surface area contributed by atoms with Crippen molar-refractivity contribution in [3.63, 3.8) is 0 Å². The number of halogens is 6. The van der Waals surface area contributed by atoms with E-state index in [-0.39, 0.29) is 28.3 Å². The summed E-state index contributed by atoms with van der Waals surface area (Å²) >= 11 is 0. The van der Waals surface area contributed by atoms with E-state index in [4.69, 9.17) is 5.73 Å². The second-order valence-corrected chi connectivity index (χ2v) is 7.35. The zero-order chi connectivity index (χ0) is 25.2. The van der Waals surface area contributed by atoms with E-state index in [1.807, 2.05) is 0 Å². The minimum atomic E-state index is -5.25. The Morgan fingerprint density at radius 3 is 2.50 bits per heavy atom. The highest BCUT2D eigenvalue weighted by molar-refractivity contribution is 6.02. The molecule has 0 unspecified atom stereocenters. The normalized spacial score (nSPS) is 15.0. The van der Waals surface area contributed by atoms with E-state index < -0.39 is 53.9 Å². The first-order valence-electron chi connectivity index (χ1n) is 9.36. The lowest BCUT2D eigenvalue weighted by molar-refractivity contribution is -0.274. The van der Waals surface area contributed by atoms with Gasteiger partial charge in [-0.25, -0.2) is 14.3 Å². The van der Waals surface area contributed by atoms with Gasteiger partial charge in [0.1, 0.15) is 17.4 Å². The molecule has 0 spiro atoms. The average Bonchev–Trinajstić information content (AvgIpc) is 3.20. The maximum Gasteiger partial charge on any atom is 0.573 e. The first-order chi connectivity index (χ1) is 15.7. The number of aromatic carboxylic acids is 1. The number of benzene rings is 1. The van der Waals surface area contributed by atoms with Gasteiger partial charge < -0.3 is 20.5 Å². The molecule has 0 radical (unpaired) electrons. The number of rotatable bonds is 4. The molecule has 1 atom stereocenters. The number of aromatic nitrogens is 3. The number of nitrogens with zero attached hydrogens (tertiary/aromatic N) is 4. The van der Waals surface area contributed by atoms with Crippen LogP contribution < -0.4 is 10.5 Å². The van der Waals surface area contributed by atoms with Crippen molar-refractivity contribution in [1.29, 1.82) is 0 Å². The average molecular weight is 489 g/mol. The number of carbonyl (C=O) groups is 2. The molecule has 1 aromatic carbocycles. The molecule has 0 saturated heterocycles. The van der Waals surface area contributed by atoms with Crippen LogP contribution >= 0.6 is 0 Å². The van der Waals surface area contributed by atoms with Crippen molar-refractivity contribution in [3.8, 4) is 17.0 Å². The number of amides is 1. The first kappa shape index (κ1) is 23.1. The fourth-order valence-corrected chi connectivity index (χ4v) is 3.59. The van der Waals surface area contributed by atoms with Crippen LogP contribution in [0.4, 0.5) is 32.2 Å². The Bertz CT molecular complexity index is 1330. The van der Waals surface area contributed by atoms with Crippen LogP contribution in [0, 0.1) is 0 Å². The molecule has 2 aromatic heterocycles. The van der Waals surface area contributed by atoms with Gasteiger partial charge in [0.05, 0.1) is 11.3 Å². The summed E-state index contributed by atoms with van der Waals surface area (Å²) in [5.74, 6) is -4.08. The van der Waals surface area contributed by atoms with Gasteiger partial charge in [-0.15, -0.1) is 18.3 Å². The Morgan fingerprint density at radius 1 is 1.24 bits per heavy atom. The predicted octanol–water partition coefficient (Wildman–Crippen LogP) is 3.48. The third kappa shape index (κ3) is 3.92. The largest absolute Gasteiger partial charge is 0.573 e. The van der Waals surface area contributed by atoms with Crippen LogP contribution in [0.1, 0.15) is 33.2 Å². The maximum atomic E-state index is 13.2. The van der Waals surface area contributed by atoms with Crippen molar-refractivity contribution in [1.82, 2.24) is 19.5 Å². The van der Waals surface area contributed by atoms with Crippen molar-refractivity contribution in [2.45, 2.75) is 32.0 Å². The Labute approximate surface area is 185 Å². The zero-order valence-electron chi connectivity index (χ0n) is 16.9. The van der Waals surface area contributed by atoms with Crippen LogP contribution in [0.5, 0.6) is 5.75 Å². The molecular formula is C19H13F6N5O4. The first-order valence-corrected chi connectivity index (χ1v) is 9.36. The number of nitrogens with two attached hydrogens (primary N) is 1. The van der Waals surface area contributed by atoms with Crippen LogP contribution in [0.3, 0.4) is 0 Å². The van der Waals surface area contributed by atoms with Crippen LogP contribution in [-0.4, -0.2) is 55.1 Å². The number of alkyl halides is 6. The number of carbonyl (C=O) groups excluding carboxylic acids is 1. The summed E-state index contributed by atoms with van der Waals surface area (Å²) in [5, 5.41) is 13.1. The molecule has 34 heavy (non-hydrogen) atoms. The van der Waals surface area contributed by atoms with Gasteiger partial charge in [0.2, 0.25) is 0 Å². The van der Waals surface area contributed by atoms with Crippen LogP contribution in [0.2, 0.25) is 0 Å². The smallest absolute Gasteiger partial charge is 0.477 e. The van der Waals surface area contributed by atoms with E-state index in [0.29, 0.717) is 11.8 Å². The minimum absolute atomic E-state index is 0.0560. The topological polar surface area (TPSA) is 123 Å². The molecule has 15 heteroatoms. The number of nitrogen functional groups attached to an aromatic ring is 1. The van der Waals surface area contributed by atoms with E-state index in [9.17, 15) is 41.0 Å². The molecule has 3 aromatic rings. The van der Waals surface area contributed by atoms with Gasteiger partial charge in [0.25, 0.3) is 5.91 Å². The molecule has 9 nitrogen and oxygen atoms in total. The molecule has 4 rings (SSSR count). The Morgan fingerprint density at radius 2 is 1.91 bits per heavy atom. The number of ether oxygens (including phenoxy) is 1. The third-order valence-electron chi connectivity index (χ3n) is 5.19. The maximum absolute atomic E-state index is 13.2. The Hall–Kier alpha value is -4.04. The van der Waals surface area contributed by atoms with E-state index in [1.54, 1.807) is 0 Å². The van der Waals surface area contributed by atoms with Crippen molar-refractivity contribution >= 4 is 23.3 Å². The third-order valence-corrected chi connectivity index (χ3v) is 5.19. The van der Waals surface area contributed by atoms with Gasteiger partial charge in [0, 0.05) is 18.3 Å². The van der Waals surface area contributed by atoms with E-state index in [1.165, 1.54) is 18.3 Å². The molecule has 1 aliphatic rings. The minimum Gasteiger partial charge on any atom is -0.477 e. The highest BCUT2D eigenvalue weighted by atomic mass is 19.4. The highest BCUT2D eigenvalue weighted by Gasteiger charge is 2.47. The van der Waals surface area contributed by atoms with Crippen LogP contribution in [-0.2, 0) is 6.54 Å². The molecular weight excluding hydrogens is 476 g/mol. The van der Waals surface area contributed by atoms with E-state index >= 15 is 0 Å². The summed E-state index contributed by atoms with van der Waals surface area (Å²) < 4.78 is 83.7. The standard InChI is InChI=1S/C19H13F6N5O4/c1-7(18(20,21)22)29-6-9-4-8(5-11(12(9)16(29)31)34-19(23,24)25)10-2-3-30-15(27-10)13(17(32)33)14(26)28-30/h2-5,7H,6H2,1H3,(H2,26,28)(H,32,33)/t7-/m0/s1. The van der Waals surface area contributed by atoms with Crippen LogP contribution in [0.15, 0.2) is 24.4 Å². The lowest BCUT2D eigenvalue weighted by Gasteiger charge is -2.26. The van der Waals surface area contributed by atoms with Gasteiger partial charge >= 0.3 is 18.5 Å². The molecule has 0 bridgehead atoms. The van der Waals surface area contributed by atoms with Gasteiger partial charge in [-0.1, -0.05) is 0 Å². The lowest BCUT2D eigenvalue weighted by Crippen LogP contribution is -2.43. The molecule has 1 aliphatic heterocycles. The molecule has 0 aliphatic carbocycles. The SMILES string of the molecule is C[C@H](N1Cc2cc(-c3ccn4nc(N)c(C(=O)O)c4n3)cc(OC(F)(F)F)c2C1=O)C(F)(F)F. The quantitative estimate of drug-likeness (QED) is 0.538. The number of carboxylic acid groups (broad SMARTS) is 1. The van der Waals surface area contributed by atoms with Crippen LogP contribution in [0.25, 0.3) is 16.9 Å². The second-order valence-electron chi connectivity index (χ2n) is 7.35. The fraction of sp³-hybridized carbons (Fsp3) is 0.263. The molecule has 3 N–H and O–H groups in total. The monoisotopic (exact) mass is 489 g/mol. The summed E-state index contributed by atoms with van der Waals surface area (Å²) in [7, 11) is 0. The fourth-order valence-electron chi connectivity index (χ4n) is 3.59. The summed E-state index contributed by atoms with van der Waals surface area (Å²) in [5.41, 5.74) is 3.98. The molecule has 0 saturated carbocycles. The molecule has 1 amide bonds. The number of hydrogen-bond acceptors (Lipinski definition) is 6. The van der Waals surface area contributed by atoms with Gasteiger partial charge in [-0.3, -0.25) is 4.79 Å². The zero-order valence-corrected chi connectivity index (χ0v) is 16.9. The lowest BCUT2D eigenvalue weighted by atomic mass is 10.0. The number of fused-ring (bicyclic) bond motifs is 2. The van der Waals surface area contributed by atoms with Gasteiger partial charge in [-0.2, -0.15) is 13.2 Å². The number of hydrogen-bond donors (Lipinski definition) is 2. The summed E-state index contributed by atoms with van der Waals surface area (Å²) in [6.07, 6.45) is -8.81. The number of anilines is 1. The van der Waals surface area contributed by atoms with E-state index in [0.717, 1.165) is 10.6 Å². The van der Waals surface area contributed by atoms with Crippen molar-refractivity contribution in [2.24, 2.45) is 0 Å². The molecule has 0 fully saturated rings. The summed E-state index contributed by atoms with van der Waals surface area (Å²) in [4.78, 5) is 28.6. The van der Waals surface area contributed by atoms with E-state index in [2.05, 4.69) is 14.8 Å².